The molecule has 3 rings (SSSR count). The summed E-state index contributed by atoms with van der Waals surface area (Å²) in [5.74, 6) is 0. The summed E-state index contributed by atoms with van der Waals surface area (Å²) in [7, 11) is 0. The summed E-state index contributed by atoms with van der Waals surface area (Å²) in [4.78, 5) is 0. The molecule has 2 aromatic rings. The van der Waals surface area contributed by atoms with Gasteiger partial charge in [-0.2, -0.15) is 5.56 Å². The molecule has 0 N–H and O–H groups in total. The average Bonchev–Trinajstić information content (AvgIpc) is 2.69. The van der Waals surface area contributed by atoms with Gasteiger partial charge in [0.1, 0.15) is 0 Å². The number of aryl methyl sites for hydroxylation is 3. The van der Waals surface area contributed by atoms with Crippen LogP contribution in [0, 0.1) is 20.8 Å². The molecule has 0 unspecified atom stereocenters. The van der Waals surface area contributed by atoms with Gasteiger partial charge in [-0.25, -0.2) is 0 Å². The Morgan fingerprint density at radius 3 is 2.14 bits per heavy atom. The predicted octanol–water partition coefficient (Wildman–Crippen LogP) is -0.289. The van der Waals surface area contributed by atoms with E-state index in [0.29, 0.717) is 5.41 Å². The Balaban J connectivity index is 0.00000147. The Labute approximate surface area is 166 Å². The van der Waals surface area contributed by atoms with Gasteiger partial charge in [0.15, 0.2) is 0 Å². The zero-order chi connectivity index (χ0) is 13.6. The third kappa shape index (κ3) is 3.68. The quantitative estimate of drug-likeness (QED) is 0.562. The topological polar surface area (TPSA) is 0 Å². The van der Waals surface area contributed by atoms with Gasteiger partial charge in [-0.3, -0.25) is 0 Å². The van der Waals surface area contributed by atoms with Crippen molar-refractivity contribution in [3.8, 4) is 0 Å². The molecule has 0 nitrogen and oxygen atoms in total. The molecule has 2 aromatic carbocycles. The Hall–Kier alpha value is 0.293. The van der Waals surface area contributed by atoms with Crippen molar-refractivity contribution in [2.75, 3.05) is 0 Å². The molecule has 0 spiro atoms. The monoisotopic (exact) mass is 413 g/mol. The first-order valence-electron chi connectivity index (χ1n) is 7.70. The van der Waals surface area contributed by atoms with Gasteiger partial charge >= 0.3 is 26.2 Å². The minimum Gasteiger partial charge on any atom is -1.00 e. The summed E-state index contributed by atoms with van der Waals surface area (Å²) < 4.78 is 0. The Bertz CT molecular complexity index is 622. The van der Waals surface area contributed by atoms with E-state index in [1.54, 1.807) is 10.9 Å². The van der Waals surface area contributed by atoms with Gasteiger partial charge < -0.3 is 24.8 Å². The maximum atomic E-state index is 2.48. The van der Waals surface area contributed by atoms with E-state index in [0.717, 1.165) is 0 Å². The SMILES string of the molecule is Cc1[cH-]c2c(C)ccc(C3(C)CCCCC3)c2c1C.[Cl-].[Cl-].[Zr+3]. The van der Waals surface area contributed by atoms with Crippen LogP contribution in [0.1, 0.15) is 61.3 Å². The molecule has 0 saturated heterocycles. The number of hydrogen-bond donors (Lipinski definition) is 0. The molecule has 1 radical (unpaired) electrons. The number of halogens is 2. The van der Waals surface area contributed by atoms with Gasteiger partial charge in [0, 0.05) is 0 Å². The summed E-state index contributed by atoms with van der Waals surface area (Å²) >= 11 is 0. The first-order chi connectivity index (χ1) is 9.03. The second-order valence-electron chi connectivity index (χ2n) is 6.79. The predicted molar refractivity (Wildman–Crippen MR) is 84.2 cm³/mol. The summed E-state index contributed by atoms with van der Waals surface area (Å²) in [5.41, 5.74) is 6.38. The van der Waals surface area contributed by atoms with Crippen molar-refractivity contribution < 1.29 is 51.0 Å². The van der Waals surface area contributed by atoms with Crippen LogP contribution >= 0.6 is 0 Å². The first-order valence-corrected chi connectivity index (χ1v) is 7.70. The van der Waals surface area contributed by atoms with Crippen LogP contribution in [-0.4, -0.2) is 0 Å². The zero-order valence-electron chi connectivity index (χ0n) is 14.0. The minimum absolute atomic E-state index is 0. The molecule has 1 saturated carbocycles. The Morgan fingerprint density at radius 1 is 0.955 bits per heavy atom. The van der Waals surface area contributed by atoms with E-state index in [1.807, 2.05) is 0 Å². The smallest absolute Gasteiger partial charge is 1.00 e. The van der Waals surface area contributed by atoms with Crippen LogP contribution in [0.25, 0.3) is 10.8 Å². The molecule has 22 heavy (non-hydrogen) atoms. The molecular formula is C19H25Cl2Zr. The van der Waals surface area contributed by atoms with Crippen LogP contribution < -0.4 is 24.8 Å². The normalized spacial score (nSPS) is 16.4. The summed E-state index contributed by atoms with van der Waals surface area (Å²) in [5, 5.41) is 3.04. The molecule has 0 heterocycles. The van der Waals surface area contributed by atoms with Crippen molar-refractivity contribution in [2.45, 2.75) is 65.2 Å². The maximum absolute atomic E-state index is 2.48. The van der Waals surface area contributed by atoms with Gasteiger partial charge in [0.05, 0.1) is 0 Å². The number of hydrogen-bond acceptors (Lipinski definition) is 0. The molecule has 0 aliphatic heterocycles. The van der Waals surface area contributed by atoms with Crippen LogP contribution in [0.2, 0.25) is 0 Å². The molecule has 1 aliphatic carbocycles. The van der Waals surface area contributed by atoms with Gasteiger partial charge in [-0.15, -0.1) is 34.0 Å². The van der Waals surface area contributed by atoms with E-state index < -0.39 is 0 Å². The second kappa shape index (κ2) is 8.41. The van der Waals surface area contributed by atoms with E-state index in [-0.39, 0.29) is 51.0 Å². The van der Waals surface area contributed by atoms with Gasteiger partial charge in [-0.1, -0.05) is 58.6 Å². The number of benzene rings is 1. The molecule has 119 valence electrons. The Kier molecular flexibility index (Phi) is 8.52. The minimum atomic E-state index is 0. The molecule has 0 atom stereocenters. The number of rotatable bonds is 1. The third-order valence-corrected chi connectivity index (χ3v) is 5.40. The van der Waals surface area contributed by atoms with Crippen molar-refractivity contribution in [2.24, 2.45) is 0 Å². The van der Waals surface area contributed by atoms with Crippen molar-refractivity contribution in [1.82, 2.24) is 0 Å². The van der Waals surface area contributed by atoms with E-state index in [4.69, 9.17) is 0 Å². The molecule has 0 bridgehead atoms. The van der Waals surface area contributed by atoms with Crippen molar-refractivity contribution in [3.05, 3.63) is 40.5 Å². The zero-order valence-corrected chi connectivity index (χ0v) is 18.0. The summed E-state index contributed by atoms with van der Waals surface area (Å²) in [6.45, 7) is 9.28. The fourth-order valence-electron chi connectivity index (χ4n) is 3.94. The van der Waals surface area contributed by atoms with E-state index in [2.05, 4.69) is 45.9 Å². The van der Waals surface area contributed by atoms with E-state index >= 15 is 0 Å². The summed E-state index contributed by atoms with van der Waals surface area (Å²) in [6.07, 6.45) is 6.92. The molecule has 0 aromatic heterocycles. The van der Waals surface area contributed by atoms with Crippen molar-refractivity contribution in [3.63, 3.8) is 0 Å². The molecular weight excluding hydrogens is 390 g/mol. The molecule has 0 amide bonds. The molecule has 3 heteroatoms. The third-order valence-electron chi connectivity index (χ3n) is 5.40. The van der Waals surface area contributed by atoms with Crippen molar-refractivity contribution in [1.29, 1.82) is 0 Å². The van der Waals surface area contributed by atoms with Crippen LogP contribution in [0.5, 0.6) is 0 Å². The van der Waals surface area contributed by atoms with Gasteiger partial charge in [0.2, 0.25) is 0 Å². The largest absolute Gasteiger partial charge is 3.00 e. The molecule has 1 fully saturated rings. The second-order valence-corrected chi connectivity index (χ2v) is 6.79. The molecule has 1 aliphatic rings. The van der Waals surface area contributed by atoms with Crippen LogP contribution in [0.4, 0.5) is 0 Å². The fourth-order valence-corrected chi connectivity index (χ4v) is 3.94. The average molecular weight is 416 g/mol. The maximum Gasteiger partial charge on any atom is 3.00 e. The van der Waals surface area contributed by atoms with Crippen molar-refractivity contribution >= 4 is 10.8 Å². The van der Waals surface area contributed by atoms with E-state index in [1.165, 1.54) is 54.2 Å². The van der Waals surface area contributed by atoms with Crippen LogP contribution in [0.3, 0.4) is 0 Å². The standard InChI is InChI=1S/C19H25.2ClH.Zr/c1-13-8-9-17(19(4)10-6-5-7-11-19)18-15(3)14(2)12-16(13)18;;;/h8-9,12H,5-7,10-11H2,1-4H3;2*1H;/q-1;;;+3/p-2. The number of fused-ring (bicyclic) bond motifs is 1. The fraction of sp³-hybridized carbons (Fsp3) is 0.526. The van der Waals surface area contributed by atoms with E-state index in [9.17, 15) is 0 Å². The first kappa shape index (κ1) is 22.3. The Morgan fingerprint density at radius 2 is 1.55 bits per heavy atom. The summed E-state index contributed by atoms with van der Waals surface area (Å²) in [6, 6.07) is 7.13. The van der Waals surface area contributed by atoms with Crippen LogP contribution in [-0.2, 0) is 31.6 Å². The van der Waals surface area contributed by atoms with Gasteiger partial charge in [0.25, 0.3) is 0 Å². The van der Waals surface area contributed by atoms with Gasteiger partial charge in [-0.05, 0) is 18.3 Å². The van der Waals surface area contributed by atoms with Crippen LogP contribution in [0.15, 0.2) is 18.2 Å².